The van der Waals surface area contributed by atoms with E-state index in [1.807, 2.05) is 6.07 Å². The minimum atomic E-state index is -0.303. The SMILES string of the molecule is CCOC(=O)c1ccc(NCc2cc(Br)c(C)s2)c(Br)c1. The van der Waals surface area contributed by atoms with Gasteiger partial charge in [0, 0.05) is 30.9 Å². The molecule has 112 valence electrons. The van der Waals surface area contributed by atoms with Crippen molar-refractivity contribution < 1.29 is 9.53 Å². The van der Waals surface area contributed by atoms with Crippen LogP contribution in [0.2, 0.25) is 0 Å². The van der Waals surface area contributed by atoms with E-state index in [-0.39, 0.29) is 5.97 Å². The monoisotopic (exact) mass is 431 g/mol. The van der Waals surface area contributed by atoms with Crippen LogP contribution in [-0.2, 0) is 11.3 Å². The smallest absolute Gasteiger partial charge is 0.338 e. The molecule has 0 aliphatic heterocycles. The third-order valence-corrected chi connectivity index (χ3v) is 5.63. The first-order valence-corrected chi connectivity index (χ1v) is 8.87. The maximum Gasteiger partial charge on any atom is 0.338 e. The molecule has 0 saturated carbocycles. The van der Waals surface area contributed by atoms with Gasteiger partial charge in [-0.05, 0) is 70.0 Å². The Kier molecular flexibility index (Phi) is 5.84. The van der Waals surface area contributed by atoms with Gasteiger partial charge < -0.3 is 10.1 Å². The Balaban J connectivity index is 2.05. The van der Waals surface area contributed by atoms with Crippen LogP contribution in [0, 0.1) is 6.92 Å². The molecule has 0 spiro atoms. The number of esters is 1. The molecule has 0 fully saturated rings. The van der Waals surface area contributed by atoms with Crippen LogP contribution < -0.4 is 5.32 Å². The number of nitrogens with one attached hydrogen (secondary N) is 1. The van der Waals surface area contributed by atoms with Crippen LogP contribution in [0.3, 0.4) is 0 Å². The molecular weight excluding hydrogens is 418 g/mol. The van der Waals surface area contributed by atoms with Crippen LogP contribution >= 0.6 is 43.2 Å². The second-order valence-corrected chi connectivity index (χ2v) is 7.44. The maximum atomic E-state index is 11.7. The van der Waals surface area contributed by atoms with Gasteiger partial charge in [-0.25, -0.2) is 4.79 Å². The van der Waals surface area contributed by atoms with Crippen LogP contribution in [0.4, 0.5) is 5.69 Å². The average molecular weight is 433 g/mol. The molecule has 0 radical (unpaired) electrons. The van der Waals surface area contributed by atoms with Crippen LogP contribution in [-0.4, -0.2) is 12.6 Å². The molecule has 1 aromatic carbocycles. The number of hydrogen-bond acceptors (Lipinski definition) is 4. The summed E-state index contributed by atoms with van der Waals surface area (Å²) in [5.74, 6) is -0.303. The molecular formula is C15H15Br2NO2S. The molecule has 0 amide bonds. The quantitative estimate of drug-likeness (QED) is 0.645. The fraction of sp³-hybridized carbons (Fsp3) is 0.267. The van der Waals surface area contributed by atoms with Crippen molar-refractivity contribution in [2.75, 3.05) is 11.9 Å². The van der Waals surface area contributed by atoms with E-state index in [0.29, 0.717) is 12.2 Å². The van der Waals surface area contributed by atoms with E-state index in [0.717, 1.165) is 21.2 Å². The summed E-state index contributed by atoms with van der Waals surface area (Å²) >= 11 is 8.76. The predicted octanol–water partition coefficient (Wildman–Crippen LogP) is 5.37. The third-order valence-electron chi connectivity index (χ3n) is 2.84. The summed E-state index contributed by atoms with van der Waals surface area (Å²) in [5, 5.41) is 3.36. The number of thiophene rings is 1. The second-order valence-electron chi connectivity index (χ2n) is 4.39. The van der Waals surface area contributed by atoms with Gasteiger partial charge in [-0.2, -0.15) is 0 Å². The predicted molar refractivity (Wildman–Crippen MR) is 94.2 cm³/mol. The first kappa shape index (κ1) is 16.5. The average Bonchev–Trinajstić information content (AvgIpc) is 2.76. The van der Waals surface area contributed by atoms with Crippen molar-refractivity contribution in [3.05, 3.63) is 48.5 Å². The summed E-state index contributed by atoms with van der Waals surface area (Å²) < 4.78 is 6.97. The van der Waals surface area contributed by atoms with Gasteiger partial charge in [0.2, 0.25) is 0 Å². The van der Waals surface area contributed by atoms with Crippen LogP contribution in [0.25, 0.3) is 0 Å². The fourth-order valence-corrected chi connectivity index (χ4v) is 3.85. The van der Waals surface area contributed by atoms with Crippen molar-refractivity contribution in [3.8, 4) is 0 Å². The highest BCUT2D eigenvalue weighted by Crippen LogP contribution is 2.29. The van der Waals surface area contributed by atoms with Crippen LogP contribution in [0.1, 0.15) is 27.0 Å². The van der Waals surface area contributed by atoms with Gasteiger partial charge in [-0.3, -0.25) is 0 Å². The molecule has 0 aliphatic carbocycles. The molecule has 0 saturated heterocycles. The number of aryl methyl sites for hydroxylation is 1. The number of anilines is 1. The number of carbonyl (C=O) groups excluding carboxylic acids is 1. The van der Waals surface area contributed by atoms with Gasteiger partial charge >= 0.3 is 5.97 Å². The Morgan fingerprint density at radius 1 is 1.29 bits per heavy atom. The van der Waals surface area contributed by atoms with Gasteiger partial charge in [-0.15, -0.1) is 11.3 Å². The number of ether oxygens (including phenoxy) is 1. The van der Waals surface area contributed by atoms with E-state index in [1.165, 1.54) is 9.75 Å². The number of benzene rings is 1. The summed E-state index contributed by atoms with van der Waals surface area (Å²) in [5.41, 5.74) is 1.49. The summed E-state index contributed by atoms with van der Waals surface area (Å²) in [7, 11) is 0. The summed E-state index contributed by atoms with van der Waals surface area (Å²) in [4.78, 5) is 14.2. The van der Waals surface area contributed by atoms with Crippen molar-refractivity contribution in [3.63, 3.8) is 0 Å². The lowest BCUT2D eigenvalue weighted by molar-refractivity contribution is 0.0526. The zero-order valence-electron chi connectivity index (χ0n) is 11.7. The first-order chi connectivity index (χ1) is 10.0. The molecule has 0 aliphatic rings. The molecule has 2 aromatic rings. The summed E-state index contributed by atoms with van der Waals surface area (Å²) in [6.07, 6.45) is 0. The van der Waals surface area contributed by atoms with Crippen LogP contribution in [0.5, 0.6) is 0 Å². The minimum absolute atomic E-state index is 0.303. The van der Waals surface area contributed by atoms with E-state index in [4.69, 9.17) is 4.74 Å². The number of rotatable bonds is 5. The maximum absolute atomic E-state index is 11.7. The Labute approximate surface area is 145 Å². The normalized spacial score (nSPS) is 10.5. The largest absolute Gasteiger partial charge is 0.462 e. The Morgan fingerprint density at radius 2 is 2.05 bits per heavy atom. The highest BCUT2D eigenvalue weighted by Gasteiger charge is 2.09. The second kappa shape index (κ2) is 7.42. The fourth-order valence-electron chi connectivity index (χ4n) is 1.79. The summed E-state index contributed by atoms with van der Waals surface area (Å²) in [6.45, 7) is 5.00. The Hall–Kier alpha value is -0.850. The zero-order valence-corrected chi connectivity index (χ0v) is 15.7. The Morgan fingerprint density at radius 3 is 2.62 bits per heavy atom. The zero-order chi connectivity index (χ0) is 15.4. The highest BCUT2D eigenvalue weighted by molar-refractivity contribution is 9.11. The molecule has 1 aromatic heterocycles. The highest BCUT2D eigenvalue weighted by atomic mass is 79.9. The molecule has 0 unspecified atom stereocenters. The topological polar surface area (TPSA) is 38.3 Å². The van der Waals surface area contributed by atoms with Gasteiger partial charge in [-0.1, -0.05) is 0 Å². The van der Waals surface area contributed by atoms with Crippen LogP contribution in [0.15, 0.2) is 33.2 Å². The van der Waals surface area contributed by atoms with Crippen molar-refractivity contribution in [2.24, 2.45) is 0 Å². The summed E-state index contributed by atoms with van der Waals surface area (Å²) in [6, 6.07) is 7.54. The van der Waals surface area contributed by atoms with Gasteiger partial charge in [0.25, 0.3) is 0 Å². The molecule has 21 heavy (non-hydrogen) atoms. The third kappa shape index (κ3) is 4.31. The minimum Gasteiger partial charge on any atom is -0.462 e. The lowest BCUT2D eigenvalue weighted by Gasteiger charge is -2.09. The molecule has 0 bridgehead atoms. The Bertz CT molecular complexity index is 636. The first-order valence-electron chi connectivity index (χ1n) is 6.46. The number of carbonyl (C=O) groups is 1. The van der Waals surface area contributed by atoms with Crippen molar-refractivity contribution in [2.45, 2.75) is 20.4 Å². The standard InChI is InChI=1S/C15H15Br2NO2S/c1-3-20-15(19)10-4-5-14(13(17)6-10)18-8-11-7-12(16)9(2)21-11/h4-7,18H,3,8H2,1-2H3. The molecule has 6 heteroatoms. The van der Waals surface area contributed by atoms with Crippen molar-refractivity contribution in [1.29, 1.82) is 0 Å². The van der Waals surface area contributed by atoms with Gasteiger partial charge in [0.15, 0.2) is 0 Å². The molecule has 0 atom stereocenters. The lowest BCUT2D eigenvalue weighted by atomic mass is 10.2. The van der Waals surface area contributed by atoms with Gasteiger partial charge in [0.1, 0.15) is 0 Å². The molecule has 3 nitrogen and oxygen atoms in total. The van der Waals surface area contributed by atoms with E-state index < -0.39 is 0 Å². The van der Waals surface area contributed by atoms with E-state index in [2.05, 4.69) is 50.2 Å². The van der Waals surface area contributed by atoms with E-state index >= 15 is 0 Å². The van der Waals surface area contributed by atoms with Crippen molar-refractivity contribution >= 4 is 54.9 Å². The van der Waals surface area contributed by atoms with E-state index in [9.17, 15) is 4.79 Å². The lowest BCUT2D eigenvalue weighted by Crippen LogP contribution is -2.05. The number of hydrogen-bond donors (Lipinski definition) is 1. The number of halogens is 2. The van der Waals surface area contributed by atoms with E-state index in [1.54, 1.807) is 30.4 Å². The molecule has 1 N–H and O–H groups in total. The van der Waals surface area contributed by atoms with Crippen molar-refractivity contribution in [1.82, 2.24) is 0 Å². The molecule has 1 heterocycles. The molecule has 2 rings (SSSR count). The van der Waals surface area contributed by atoms with Gasteiger partial charge in [0.05, 0.1) is 12.2 Å².